The van der Waals surface area contributed by atoms with Crippen LogP contribution in [0.1, 0.15) is 52.4 Å². The van der Waals surface area contributed by atoms with E-state index in [0.29, 0.717) is 0 Å². The zero-order chi connectivity index (χ0) is 40.1. The van der Waals surface area contributed by atoms with Crippen molar-refractivity contribution in [3.8, 4) is 12.1 Å². The summed E-state index contributed by atoms with van der Waals surface area (Å²) >= 11 is 0. The largest absolute Gasteiger partial charge is 0.465 e. The van der Waals surface area contributed by atoms with Crippen molar-refractivity contribution in [2.24, 2.45) is 10.2 Å². The summed E-state index contributed by atoms with van der Waals surface area (Å²) < 4.78 is 240. The predicted molar refractivity (Wildman–Crippen MR) is 124 cm³/mol. The van der Waals surface area contributed by atoms with Gasteiger partial charge in [-0.25, -0.2) is 0 Å². The Balaban J connectivity index is 5.22. The van der Waals surface area contributed by atoms with Gasteiger partial charge in [0.25, 0.3) is 0 Å². The van der Waals surface area contributed by atoms with Crippen LogP contribution in [-0.2, 0) is 19.1 Å². The number of carbonyl (C=O) groups excluding carboxylic acids is 2. The first kappa shape index (κ1) is 46.3. The highest BCUT2D eigenvalue weighted by Crippen LogP contribution is 2.55. The van der Waals surface area contributed by atoms with E-state index in [9.17, 15) is 99.1 Å². The maximum absolute atomic E-state index is 13.5. The average molecular weight is 772 g/mol. The molecule has 50 heavy (non-hydrogen) atoms. The molecule has 0 aliphatic carbocycles. The number of hydrogen-bond acceptors (Lipinski definition) is 8. The van der Waals surface area contributed by atoms with E-state index >= 15 is 0 Å². The van der Waals surface area contributed by atoms with Crippen LogP contribution in [0.15, 0.2) is 10.2 Å². The maximum Gasteiger partial charge on any atom is 0.460 e. The lowest BCUT2D eigenvalue weighted by molar-refractivity contribution is -0.397. The van der Waals surface area contributed by atoms with Gasteiger partial charge in [-0.15, -0.1) is 0 Å². The van der Waals surface area contributed by atoms with Gasteiger partial charge in [0.05, 0.1) is 38.2 Å². The number of hydrogen-bond donors (Lipinski definition) is 0. The third-order valence-corrected chi connectivity index (χ3v) is 6.38. The van der Waals surface area contributed by atoms with Gasteiger partial charge < -0.3 is 9.47 Å². The fraction of sp³-hybridized carbons (Fsp3) is 0.833. The second kappa shape index (κ2) is 15.2. The van der Waals surface area contributed by atoms with E-state index in [1.54, 1.807) is 0 Å². The quantitative estimate of drug-likeness (QED) is 0.0784. The van der Waals surface area contributed by atoms with Crippen LogP contribution in [0.2, 0.25) is 0 Å². The topological polar surface area (TPSA) is 125 Å². The van der Waals surface area contributed by atoms with Gasteiger partial charge in [0.2, 0.25) is 0 Å². The molecule has 0 heterocycles. The van der Waals surface area contributed by atoms with Crippen molar-refractivity contribution in [3.05, 3.63) is 0 Å². The predicted octanol–water partition coefficient (Wildman–Crippen LogP) is 8.37. The molecule has 0 amide bonds. The minimum absolute atomic E-state index is 0.764. The van der Waals surface area contributed by atoms with Crippen molar-refractivity contribution in [2.45, 2.75) is 111 Å². The summed E-state index contributed by atoms with van der Waals surface area (Å²) in [7, 11) is 0. The molecule has 0 fully saturated rings. The molecule has 0 aromatic heterocycles. The molecule has 0 radical (unpaired) electrons. The molecule has 0 saturated carbocycles. The first-order valence-electron chi connectivity index (χ1n) is 13.0. The first-order chi connectivity index (χ1) is 22.0. The van der Waals surface area contributed by atoms with Crippen LogP contribution in [0.5, 0.6) is 0 Å². The lowest BCUT2D eigenvalue weighted by atomic mass is 9.97. The Morgan fingerprint density at radius 3 is 0.980 bits per heavy atom. The fourth-order valence-corrected chi connectivity index (χ4v) is 3.03. The normalized spacial score (nSPS) is 16.6. The third kappa shape index (κ3) is 10.4. The van der Waals surface area contributed by atoms with Gasteiger partial charge in [-0.1, -0.05) is 0 Å². The van der Waals surface area contributed by atoms with Gasteiger partial charge in [0.15, 0.2) is 11.1 Å². The molecular weight excluding hydrogens is 750 g/mol. The number of azo groups is 1. The first-order valence-corrected chi connectivity index (χ1v) is 13.0. The minimum atomic E-state index is -7.17. The van der Waals surface area contributed by atoms with Crippen molar-refractivity contribution in [1.29, 1.82) is 10.5 Å². The molecule has 288 valence electrons. The second-order valence-electron chi connectivity index (χ2n) is 10.6. The lowest BCUT2D eigenvalue weighted by Crippen LogP contribution is -2.61. The molecule has 2 unspecified atom stereocenters. The molecule has 2 atom stereocenters. The number of ether oxygens (including phenoxy) is 2. The van der Waals surface area contributed by atoms with E-state index < -0.39 is 123 Å². The third-order valence-electron chi connectivity index (χ3n) is 6.38. The number of halogens is 18. The minimum Gasteiger partial charge on any atom is -0.465 e. The summed E-state index contributed by atoms with van der Waals surface area (Å²) in [5.41, 5.74) is -4.22. The van der Waals surface area contributed by atoms with Crippen LogP contribution >= 0.6 is 0 Å². The summed E-state index contributed by atoms with van der Waals surface area (Å²) in [6.07, 6.45) is -22.7. The zero-order valence-corrected chi connectivity index (χ0v) is 24.9. The maximum atomic E-state index is 13.5. The molecule has 26 heteroatoms. The van der Waals surface area contributed by atoms with Crippen LogP contribution in [0.3, 0.4) is 0 Å². The van der Waals surface area contributed by atoms with Gasteiger partial charge >= 0.3 is 59.8 Å². The van der Waals surface area contributed by atoms with Gasteiger partial charge in [-0.05, 0) is 26.7 Å². The van der Waals surface area contributed by atoms with Crippen LogP contribution in [0, 0.1) is 22.7 Å². The molecule has 0 rings (SSSR count). The monoisotopic (exact) mass is 772 g/mol. The Morgan fingerprint density at radius 2 is 0.760 bits per heavy atom. The number of alkyl halides is 18. The summed E-state index contributed by atoms with van der Waals surface area (Å²) in [6.45, 7) is -1.77. The summed E-state index contributed by atoms with van der Waals surface area (Å²) in [6, 6.07) is 2.93. The van der Waals surface area contributed by atoms with Gasteiger partial charge in [-0.2, -0.15) is 99.8 Å². The highest BCUT2D eigenvalue weighted by Gasteiger charge is 2.82. The van der Waals surface area contributed by atoms with Crippen molar-refractivity contribution in [3.63, 3.8) is 0 Å². The Hall–Kier alpha value is -3.74. The number of carbonyl (C=O) groups is 2. The molecule has 0 aliphatic rings. The summed E-state index contributed by atoms with van der Waals surface area (Å²) in [5.74, 6) is -43.5. The average Bonchev–Trinajstić information content (AvgIpc) is 2.96. The molecule has 0 saturated heterocycles. The Bertz CT molecular complexity index is 1220. The fourth-order valence-electron chi connectivity index (χ4n) is 3.03. The van der Waals surface area contributed by atoms with Gasteiger partial charge in [-0.3, -0.25) is 9.59 Å². The van der Waals surface area contributed by atoms with Crippen molar-refractivity contribution in [2.75, 3.05) is 13.2 Å². The molecule has 0 aromatic rings. The summed E-state index contributed by atoms with van der Waals surface area (Å²) in [4.78, 5) is 23.6. The summed E-state index contributed by atoms with van der Waals surface area (Å²) in [5, 5.41) is 25.6. The molecule has 0 bridgehead atoms. The number of rotatable bonds is 18. The van der Waals surface area contributed by atoms with Gasteiger partial charge in [0, 0.05) is 12.8 Å². The Labute approximate surface area is 268 Å². The van der Waals surface area contributed by atoms with Crippen molar-refractivity contribution >= 4 is 11.9 Å². The van der Waals surface area contributed by atoms with Crippen LogP contribution in [0.4, 0.5) is 79.0 Å². The Kier molecular flexibility index (Phi) is 14.1. The second-order valence-corrected chi connectivity index (χ2v) is 10.6. The highest BCUT2D eigenvalue weighted by molar-refractivity contribution is 5.70. The van der Waals surface area contributed by atoms with Crippen molar-refractivity contribution in [1.82, 2.24) is 0 Å². The van der Waals surface area contributed by atoms with Crippen LogP contribution in [-0.4, -0.2) is 84.1 Å². The van der Waals surface area contributed by atoms with E-state index in [1.165, 1.54) is 12.1 Å². The smallest absolute Gasteiger partial charge is 0.460 e. The molecule has 0 N–H and O–H groups in total. The standard InChI is InChI=1S/C24H22F18N4O4/c1-15(11-43,5-3-13(47)49-9-7-17(25,26)19(29,30)21(33,34)23(37,38)39)45-46-16(2,12-44)6-4-14(48)50-10-8-18(27,28)20(31,32)22(35,36)24(40,41)42/h3-10H2,1-2H3. The van der Waals surface area contributed by atoms with E-state index in [4.69, 9.17) is 0 Å². The zero-order valence-electron chi connectivity index (χ0n) is 24.9. The SMILES string of the molecule is CC(C#N)(CCC(=O)OCCC(F)(F)C(F)(F)C(F)(F)C(F)(F)F)N=NC(C)(C#N)CCC(=O)OCCC(F)(F)C(F)(F)C(F)(F)C(F)(F)F. The number of nitriles is 2. The van der Waals surface area contributed by atoms with Crippen LogP contribution < -0.4 is 0 Å². The van der Waals surface area contributed by atoms with E-state index in [2.05, 4.69) is 19.7 Å². The lowest BCUT2D eigenvalue weighted by Gasteiger charge is -2.33. The number of esters is 2. The van der Waals surface area contributed by atoms with Crippen molar-refractivity contribution < 1.29 is 98.1 Å². The molecule has 0 aromatic carbocycles. The molecular formula is C24H22F18N4O4. The van der Waals surface area contributed by atoms with E-state index in [1.807, 2.05) is 0 Å². The molecule has 0 aliphatic heterocycles. The van der Waals surface area contributed by atoms with E-state index in [0.717, 1.165) is 13.8 Å². The highest BCUT2D eigenvalue weighted by atomic mass is 19.4. The van der Waals surface area contributed by atoms with Crippen LogP contribution in [0.25, 0.3) is 0 Å². The molecule has 8 nitrogen and oxygen atoms in total. The van der Waals surface area contributed by atoms with Gasteiger partial charge in [0.1, 0.15) is 0 Å². The number of nitrogens with zero attached hydrogens (tertiary/aromatic N) is 4. The van der Waals surface area contributed by atoms with E-state index in [-0.39, 0.29) is 0 Å². The Morgan fingerprint density at radius 1 is 0.500 bits per heavy atom. The molecule has 0 spiro atoms.